The molecular weight excluding hydrogens is 180 g/mol. The summed E-state index contributed by atoms with van der Waals surface area (Å²) in [5.41, 5.74) is 0. The van der Waals surface area contributed by atoms with Crippen molar-refractivity contribution in [3.63, 3.8) is 0 Å². The van der Waals surface area contributed by atoms with E-state index in [1.54, 1.807) is 7.05 Å². The van der Waals surface area contributed by atoms with Crippen LogP contribution in [-0.4, -0.2) is 36.9 Å². The summed E-state index contributed by atoms with van der Waals surface area (Å²) in [6, 6.07) is 0. The highest BCUT2D eigenvalue weighted by Crippen LogP contribution is 2.27. The number of fused-ring (bicyclic) bond motifs is 1. The van der Waals surface area contributed by atoms with Gasteiger partial charge in [-0.3, -0.25) is 14.5 Å². The molecule has 0 aliphatic carbocycles. The quantitative estimate of drug-likeness (QED) is 0.511. The van der Waals surface area contributed by atoms with Crippen LogP contribution in [0.5, 0.6) is 0 Å². The lowest BCUT2D eigenvalue weighted by Crippen LogP contribution is -2.30. The minimum absolute atomic E-state index is 0. The van der Waals surface area contributed by atoms with Crippen LogP contribution in [0.1, 0.15) is 0 Å². The second kappa shape index (κ2) is 3.03. The first-order valence-electron chi connectivity index (χ1n) is 3.74. The Morgan fingerprint density at radius 2 is 1.67 bits per heavy atom. The van der Waals surface area contributed by atoms with Crippen molar-refractivity contribution < 1.29 is 9.59 Å². The van der Waals surface area contributed by atoms with Crippen LogP contribution >= 0.6 is 12.4 Å². The molecule has 0 aromatic carbocycles. The van der Waals surface area contributed by atoms with E-state index < -0.39 is 0 Å². The van der Waals surface area contributed by atoms with Crippen molar-refractivity contribution in [3.05, 3.63) is 0 Å². The minimum Gasteiger partial charge on any atom is -0.315 e. The molecule has 2 fully saturated rings. The fourth-order valence-electron chi connectivity index (χ4n) is 1.80. The van der Waals surface area contributed by atoms with Gasteiger partial charge in [-0.25, -0.2) is 0 Å². The molecule has 1 N–H and O–H groups in total. The van der Waals surface area contributed by atoms with Gasteiger partial charge < -0.3 is 5.32 Å². The van der Waals surface area contributed by atoms with Gasteiger partial charge in [-0.15, -0.1) is 12.4 Å². The predicted octanol–water partition coefficient (Wildman–Crippen LogP) is -0.758. The van der Waals surface area contributed by atoms with Gasteiger partial charge in [0.1, 0.15) is 0 Å². The monoisotopic (exact) mass is 190 g/mol. The van der Waals surface area contributed by atoms with E-state index in [0.717, 1.165) is 0 Å². The number of nitrogens with one attached hydrogen (secondary N) is 1. The van der Waals surface area contributed by atoms with E-state index in [9.17, 15) is 9.59 Å². The largest absolute Gasteiger partial charge is 0.315 e. The first-order chi connectivity index (χ1) is 5.22. The van der Waals surface area contributed by atoms with E-state index >= 15 is 0 Å². The van der Waals surface area contributed by atoms with Crippen LogP contribution in [-0.2, 0) is 9.59 Å². The van der Waals surface area contributed by atoms with Crippen molar-refractivity contribution in [2.24, 2.45) is 11.8 Å². The molecule has 2 amide bonds. The van der Waals surface area contributed by atoms with Gasteiger partial charge >= 0.3 is 0 Å². The Balaban J connectivity index is 0.000000720. The molecule has 2 rings (SSSR count). The summed E-state index contributed by atoms with van der Waals surface area (Å²) in [4.78, 5) is 23.8. The molecule has 0 radical (unpaired) electrons. The number of halogens is 1. The van der Waals surface area contributed by atoms with E-state index in [1.165, 1.54) is 4.90 Å². The molecule has 5 heteroatoms. The molecule has 2 unspecified atom stereocenters. The van der Waals surface area contributed by atoms with Gasteiger partial charge in [-0.1, -0.05) is 0 Å². The van der Waals surface area contributed by atoms with Gasteiger partial charge in [0.2, 0.25) is 11.8 Å². The summed E-state index contributed by atoms with van der Waals surface area (Å²) in [5.74, 6) is -0.199. The van der Waals surface area contributed by atoms with Gasteiger partial charge in [0.15, 0.2) is 0 Å². The molecule has 2 saturated heterocycles. The van der Waals surface area contributed by atoms with Crippen LogP contribution in [0.4, 0.5) is 0 Å². The van der Waals surface area contributed by atoms with Crippen LogP contribution in [0.25, 0.3) is 0 Å². The minimum atomic E-state index is -0.0764. The Morgan fingerprint density at radius 3 is 2.08 bits per heavy atom. The van der Waals surface area contributed by atoms with E-state index in [4.69, 9.17) is 0 Å². The number of hydrogen-bond donors (Lipinski definition) is 1. The highest BCUT2D eigenvalue weighted by atomic mass is 35.5. The lowest BCUT2D eigenvalue weighted by molar-refractivity contribution is -0.138. The average Bonchev–Trinajstić information content (AvgIpc) is 2.53. The summed E-state index contributed by atoms with van der Waals surface area (Å²) in [6.45, 7) is 1.33. The Morgan fingerprint density at radius 1 is 1.25 bits per heavy atom. The van der Waals surface area contributed by atoms with Gasteiger partial charge in [0, 0.05) is 20.1 Å². The predicted molar refractivity (Wildman–Crippen MR) is 44.9 cm³/mol. The topological polar surface area (TPSA) is 49.4 Å². The van der Waals surface area contributed by atoms with Crippen molar-refractivity contribution in [1.82, 2.24) is 10.2 Å². The Kier molecular flexibility index (Phi) is 2.39. The molecule has 0 aromatic heterocycles. The second-order valence-electron chi connectivity index (χ2n) is 3.11. The van der Waals surface area contributed by atoms with Crippen LogP contribution in [0.2, 0.25) is 0 Å². The molecule has 2 atom stereocenters. The molecule has 0 spiro atoms. The summed E-state index contributed by atoms with van der Waals surface area (Å²) >= 11 is 0. The zero-order chi connectivity index (χ0) is 8.01. The maximum absolute atomic E-state index is 11.3. The van der Waals surface area contributed by atoms with Crippen molar-refractivity contribution in [3.8, 4) is 0 Å². The van der Waals surface area contributed by atoms with Gasteiger partial charge in [0.05, 0.1) is 11.8 Å². The number of carbonyl (C=O) groups excluding carboxylic acids is 2. The fourth-order valence-corrected chi connectivity index (χ4v) is 1.80. The van der Waals surface area contributed by atoms with E-state index in [-0.39, 0.29) is 36.1 Å². The standard InChI is InChI=1S/C7H10N2O2.ClH/c1-9-6(10)4-2-8-3-5(4)7(9)11;/h4-5,8H,2-3H2,1H3;1H. The first-order valence-corrected chi connectivity index (χ1v) is 3.74. The zero-order valence-electron chi connectivity index (χ0n) is 6.74. The average molecular weight is 191 g/mol. The highest BCUT2D eigenvalue weighted by Gasteiger charge is 2.48. The van der Waals surface area contributed by atoms with Crippen molar-refractivity contribution in [1.29, 1.82) is 0 Å². The molecule has 0 aromatic rings. The Bertz CT molecular complexity index is 209. The van der Waals surface area contributed by atoms with Gasteiger partial charge in [-0.2, -0.15) is 0 Å². The van der Waals surface area contributed by atoms with Crippen molar-refractivity contribution >= 4 is 24.2 Å². The number of likely N-dealkylation sites (tertiary alicyclic amines) is 1. The number of hydrogen-bond acceptors (Lipinski definition) is 3. The maximum atomic E-state index is 11.3. The van der Waals surface area contributed by atoms with Gasteiger partial charge in [-0.05, 0) is 0 Å². The highest BCUT2D eigenvalue weighted by molar-refractivity contribution is 6.05. The molecule has 2 aliphatic rings. The molecule has 12 heavy (non-hydrogen) atoms. The normalized spacial score (nSPS) is 33.6. The van der Waals surface area contributed by atoms with Crippen LogP contribution in [0, 0.1) is 11.8 Å². The molecule has 2 heterocycles. The molecule has 2 aliphatic heterocycles. The number of imide groups is 1. The third-order valence-electron chi connectivity index (χ3n) is 2.51. The lowest BCUT2D eigenvalue weighted by atomic mass is 10.00. The fraction of sp³-hybridized carbons (Fsp3) is 0.714. The third kappa shape index (κ3) is 1.03. The summed E-state index contributed by atoms with van der Waals surface area (Å²) < 4.78 is 0. The van der Waals surface area contributed by atoms with Crippen molar-refractivity contribution in [2.45, 2.75) is 0 Å². The Labute approximate surface area is 76.7 Å². The number of amides is 2. The summed E-state index contributed by atoms with van der Waals surface area (Å²) in [7, 11) is 1.56. The van der Waals surface area contributed by atoms with Crippen LogP contribution in [0.15, 0.2) is 0 Å². The lowest BCUT2D eigenvalue weighted by Gasteiger charge is -2.07. The van der Waals surface area contributed by atoms with E-state index in [2.05, 4.69) is 5.32 Å². The summed E-state index contributed by atoms with van der Waals surface area (Å²) in [5, 5.41) is 3.04. The molecular formula is C7H11ClN2O2. The smallest absolute Gasteiger partial charge is 0.234 e. The third-order valence-corrected chi connectivity index (χ3v) is 2.51. The summed E-state index contributed by atoms with van der Waals surface area (Å²) in [6.07, 6.45) is 0. The van der Waals surface area contributed by atoms with E-state index in [0.29, 0.717) is 13.1 Å². The van der Waals surface area contributed by atoms with E-state index in [1.807, 2.05) is 0 Å². The molecule has 0 bridgehead atoms. The van der Waals surface area contributed by atoms with Crippen LogP contribution in [0.3, 0.4) is 0 Å². The molecule has 4 nitrogen and oxygen atoms in total. The number of nitrogens with zero attached hydrogens (tertiary/aromatic N) is 1. The van der Waals surface area contributed by atoms with Gasteiger partial charge in [0.25, 0.3) is 0 Å². The number of rotatable bonds is 0. The molecule has 68 valence electrons. The van der Waals surface area contributed by atoms with Crippen LogP contribution < -0.4 is 5.32 Å². The second-order valence-corrected chi connectivity index (χ2v) is 3.11. The Hall–Kier alpha value is -0.610. The first kappa shape index (κ1) is 9.48. The number of carbonyl (C=O) groups is 2. The maximum Gasteiger partial charge on any atom is 0.234 e. The molecule has 0 saturated carbocycles. The van der Waals surface area contributed by atoms with Crippen molar-refractivity contribution in [2.75, 3.05) is 20.1 Å². The zero-order valence-corrected chi connectivity index (χ0v) is 7.56. The SMILES string of the molecule is CN1C(=O)C2CNCC2C1=O.Cl.